The number of carbonyl (C=O) groups is 1. The zero-order chi connectivity index (χ0) is 17.5. The number of rotatable bonds is 9. The summed E-state index contributed by atoms with van der Waals surface area (Å²) in [6.45, 7) is 2.16. The predicted molar refractivity (Wildman–Crippen MR) is 101 cm³/mol. The lowest BCUT2D eigenvalue weighted by molar-refractivity contribution is -0.133. The van der Waals surface area contributed by atoms with E-state index in [0.717, 1.165) is 19.4 Å². The molecule has 1 N–H and O–H groups in total. The summed E-state index contributed by atoms with van der Waals surface area (Å²) in [5, 5.41) is 3.66. The second-order valence-electron chi connectivity index (χ2n) is 7.64. The number of methoxy groups -OCH3 is 1. The summed E-state index contributed by atoms with van der Waals surface area (Å²) in [6, 6.07) is 11.8. The molecule has 2 unspecified atom stereocenters. The van der Waals surface area contributed by atoms with Crippen LogP contribution in [0.25, 0.3) is 0 Å². The third-order valence-electron chi connectivity index (χ3n) is 5.69. The molecular formula is C21H32N2O2. The van der Waals surface area contributed by atoms with Gasteiger partial charge in [-0.2, -0.15) is 0 Å². The molecule has 138 valence electrons. The standard InChI is InChI=1S/C21H32N2O2/c1-25-13-12-23(11-5-8-17-6-3-2-4-7-17)21(24)16-18-14-19-9-10-20(15-18)22-19/h2-4,6-7,18-20,22H,5,8-16H2,1H3. The number of carbonyl (C=O) groups excluding carboxylic acids is 1. The lowest BCUT2D eigenvalue weighted by atomic mass is 9.89. The van der Waals surface area contributed by atoms with Gasteiger partial charge in [0.2, 0.25) is 5.91 Å². The van der Waals surface area contributed by atoms with E-state index in [2.05, 4.69) is 29.6 Å². The molecule has 2 heterocycles. The average Bonchev–Trinajstić information content (AvgIpc) is 2.97. The van der Waals surface area contributed by atoms with Gasteiger partial charge in [0, 0.05) is 38.7 Å². The highest BCUT2D eigenvalue weighted by atomic mass is 16.5. The van der Waals surface area contributed by atoms with Crippen molar-refractivity contribution in [2.75, 3.05) is 26.8 Å². The first-order valence-corrected chi connectivity index (χ1v) is 9.81. The molecule has 0 radical (unpaired) electrons. The number of hydrogen-bond donors (Lipinski definition) is 1. The molecule has 2 atom stereocenters. The Balaban J connectivity index is 1.47. The third kappa shape index (κ3) is 5.55. The Bertz CT molecular complexity index is 522. The Morgan fingerprint density at radius 1 is 1.16 bits per heavy atom. The van der Waals surface area contributed by atoms with Crippen molar-refractivity contribution in [1.29, 1.82) is 0 Å². The predicted octanol–water partition coefficient (Wildman–Crippen LogP) is 3.01. The molecule has 2 aliphatic rings. The first-order valence-electron chi connectivity index (χ1n) is 9.81. The highest BCUT2D eigenvalue weighted by molar-refractivity contribution is 5.76. The van der Waals surface area contributed by atoms with Crippen molar-refractivity contribution < 1.29 is 9.53 Å². The summed E-state index contributed by atoms with van der Waals surface area (Å²) in [4.78, 5) is 14.9. The second kappa shape index (κ2) is 9.35. The maximum absolute atomic E-state index is 12.8. The number of aryl methyl sites for hydroxylation is 1. The molecular weight excluding hydrogens is 312 g/mol. The van der Waals surface area contributed by atoms with E-state index < -0.39 is 0 Å². The summed E-state index contributed by atoms with van der Waals surface area (Å²) in [5.74, 6) is 0.877. The monoisotopic (exact) mass is 344 g/mol. The Kier molecular flexibility index (Phi) is 6.88. The highest BCUT2D eigenvalue weighted by Crippen LogP contribution is 2.33. The van der Waals surface area contributed by atoms with Crippen LogP contribution in [0.15, 0.2) is 30.3 Å². The van der Waals surface area contributed by atoms with Crippen molar-refractivity contribution in [3.05, 3.63) is 35.9 Å². The topological polar surface area (TPSA) is 41.6 Å². The van der Waals surface area contributed by atoms with E-state index in [9.17, 15) is 4.79 Å². The zero-order valence-corrected chi connectivity index (χ0v) is 15.5. The molecule has 2 fully saturated rings. The van der Waals surface area contributed by atoms with Gasteiger partial charge in [0.1, 0.15) is 0 Å². The molecule has 2 bridgehead atoms. The Labute approximate surface area is 151 Å². The molecule has 1 aromatic rings. The molecule has 25 heavy (non-hydrogen) atoms. The van der Waals surface area contributed by atoms with Crippen LogP contribution in [-0.2, 0) is 16.0 Å². The van der Waals surface area contributed by atoms with E-state index in [0.29, 0.717) is 43.5 Å². The van der Waals surface area contributed by atoms with Crippen LogP contribution in [0.5, 0.6) is 0 Å². The first kappa shape index (κ1) is 18.4. The van der Waals surface area contributed by atoms with E-state index >= 15 is 0 Å². The lowest BCUT2D eigenvalue weighted by Gasteiger charge is -2.31. The molecule has 4 heteroatoms. The fourth-order valence-corrected chi connectivity index (χ4v) is 4.40. The number of benzene rings is 1. The molecule has 4 nitrogen and oxygen atoms in total. The van der Waals surface area contributed by atoms with Crippen LogP contribution < -0.4 is 5.32 Å². The smallest absolute Gasteiger partial charge is 0.222 e. The number of piperidine rings is 1. The number of ether oxygens (including phenoxy) is 1. The van der Waals surface area contributed by atoms with Crippen molar-refractivity contribution in [3.8, 4) is 0 Å². The van der Waals surface area contributed by atoms with Crippen molar-refractivity contribution in [2.24, 2.45) is 5.92 Å². The average molecular weight is 344 g/mol. The van der Waals surface area contributed by atoms with E-state index in [1.807, 2.05) is 11.0 Å². The molecule has 2 saturated heterocycles. The van der Waals surface area contributed by atoms with Crippen LogP contribution in [0.3, 0.4) is 0 Å². The molecule has 2 aliphatic heterocycles. The van der Waals surface area contributed by atoms with Crippen molar-refractivity contribution in [2.45, 2.75) is 57.0 Å². The van der Waals surface area contributed by atoms with Gasteiger partial charge in [-0.25, -0.2) is 0 Å². The van der Waals surface area contributed by atoms with Crippen LogP contribution >= 0.6 is 0 Å². The summed E-state index contributed by atoms with van der Waals surface area (Å²) in [6.07, 6.45) is 7.67. The van der Waals surface area contributed by atoms with Gasteiger partial charge in [0.25, 0.3) is 0 Å². The number of nitrogens with zero attached hydrogens (tertiary/aromatic N) is 1. The van der Waals surface area contributed by atoms with Gasteiger partial charge in [0.15, 0.2) is 0 Å². The Morgan fingerprint density at radius 3 is 2.56 bits per heavy atom. The molecule has 1 aromatic carbocycles. The molecule has 3 rings (SSSR count). The van der Waals surface area contributed by atoms with Gasteiger partial charge in [-0.3, -0.25) is 4.79 Å². The fourth-order valence-electron chi connectivity index (χ4n) is 4.40. The number of fused-ring (bicyclic) bond motifs is 2. The van der Waals surface area contributed by atoms with E-state index in [4.69, 9.17) is 4.74 Å². The Morgan fingerprint density at radius 2 is 1.88 bits per heavy atom. The number of amides is 1. The normalized spacial score (nSPS) is 25.1. The van der Waals surface area contributed by atoms with E-state index in [1.165, 1.54) is 31.2 Å². The van der Waals surface area contributed by atoms with E-state index in [-0.39, 0.29) is 0 Å². The SMILES string of the molecule is COCCN(CCCc1ccccc1)C(=O)CC1CC2CCC(C1)N2. The van der Waals surface area contributed by atoms with Crippen LogP contribution in [-0.4, -0.2) is 49.7 Å². The van der Waals surface area contributed by atoms with Gasteiger partial charge in [0.05, 0.1) is 6.61 Å². The van der Waals surface area contributed by atoms with Crippen molar-refractivity contribution >= 4 is 5.91 Å². The van der Waals surface area contributed by atoms with Gasteiger partial charge in [-0.15, -0.1) is 0 Å². The lowest BCUT2D eigenvalue weighted by Crippen LogP contribution is -2.41. The van der Waals surface area contributed by atoms with Gasteiger partial charge in [-0.05, 0) is 50.0 Å². The summed E-state index contributed by atoms with van der Waals surface area (Å²) >= 11 is 0. The Hall–Kier alpha value is -1.39. The van der Waals surface area contributed by atoms with E-state index in [1.54, 1.807) is 7.11 Å². The van der Waals surface area contributed by atoms with Crippen LogP contribution in [0.1, 0.15) is 44.1 Å². The maximum atomic E-state index is 12.8. The van der Waals surface area contributed by atoms with Crippen LogP contribution in [0, 0.1) is 5.92 Å². The minimum atomic E-state index is 0.316. The highest BCUT2D eigenvalue weighted by Gasteiger charge is 2.34. The molecule has 0 aliphatic carbocycles. The second-order valence-corrected chi connectivity index (χ2v) is 7.64. The van der Waals surface area contributed by atoms with Crippen LogP contribution in [0.2, 0.25) is 0 Å². The molecule has 0 spiro atoms. The number of nitrogens with one attached hydrogen (secondary N) is 1. The molecule has 1 amide bonds. The zero-order valence-electron chi connectivity index (χ0n) is 15.5. The quantitative estimate of drug-likeness (QED) is 0.749. The molecule has 0 saturated carbocycles. The van der Waals surface area contributed by atoms with Gasteiger partial charge < -0.3 is 15.0 Å². The largest absolute Gasteiger partial charge is 0.383 e. The number of hydrogen-bond acceptors (Lipinski definition) is 3. The first-order chi connectivity index (χ1) is 12.2. The van der Waals surface area contributed by atoms with Crippen molar-refractivity contribution in [3.63, 3.8) is 0 Å². The molecule has 0 aromatic heterocycles. The van der Waals surface area contributed by atoms with Crippen LogP contribution in [0.4, 0.5) is 0 Å². The summed E-state index contributed by atoms with van der Waals surface area (Å²) in [7, 11) is 1.71. The van der Waals surface area contributed by atoms with Gasteiger partial charge >= 0.3 is 0 Å². The van der Waals surface area contributed by atoms with Gasteiger partial charge in [-0.1, -0.05) is 30.3 Å². The maximum Gasteiger partial charge on any atom is 0.222 e. The fraction of sp³-hybridized carbons (Fsp3) is 0.667. The van der Waals surface area contributed by atoms with Crippen molar-refractivity contribution in [1.82, 2.24) is 10.2 Å². The minimum absolute atomic E-state index is 0.316. The minimum Gasteiger partial charge on any atom is -0.383 e. The third-order valence-corrected chi connectivity index (χ3v) is 5.69. The summed E-state index contributed by atoms with van der Waals surface area (Å²) in [5.41, 5.74) is 1.34. The summed E-state index contributed by atoms with van der Waals surface area (Å²) < 4.78 is 5.22.